The molecule has 0 saturated heterocycles. The summed E-state index contributed by atoms with van der Waals surface area (Å²) in [7, 11) is 1.67. The molecule has 2 aromatic carbocycles. The van der Waals surface area contributed by atoms with Crippen LogP contribution in [0.4, 0.5) is 0 Å². The molecule has 126 valence electrons. The van der Waals surface area contributed by atoms with Gasteiger partial charge in [-0.3, -0.25) is 0 Å². The largest absolute Gasteiger partial charge is 0.497 e. The van der Waals surface area contributed by atoms with Crippen LogP contribution in [-0.2, 0) is 0 Å². The van der Waals surface area contributed by atoms with Gasteiger partial charge in [-0.25, -0.2) is 0 Å². The number of methoxy groups -OCH3 is 1. The van der Waals surface area contributed by atoms with Crippen LogP contribution in [0.3, 0.4) is 0 Å². The second kappa shape index (κ2) is 6.37. The Kier molecular flexibility index (Phi) is 4.05. The average molecular weight is 350 g/mol. The molecule has 1 aromatic heterocycles. The van der Waals surface area contributed by atoms with Gasteiger partial charge < -0.3 is 4.74 Å². The first-order valence-corrected chi connectivity index (χ1v) is 8.96. The fourth-order valence-corrected chi connectivity index (χ4v) is 3.78. The number of aryl methyl sites for hydroxylation is 1. The highest BCUT2D eigenvalue weighted by atomic mass is 32.2. The number of thioether (sulfide) groups is 1. The first kappa shape index (κ1) is 15.9. The van der Waals surface area contributed by atoms with Crippen LogP contribution in [-0.4, -0.2) is 32.9 Å². The minimum Gasteiger partial charge on any atom is -0.497 e. The standard InChI is InChI=1S/C19H18N4OS/c1-12-5-4-6-15(11-12)18-20-21-19-23(18)22-17(13(2)25-19)14-7-9-16(24-3)10-8-14/h4-11,13H,1-3H3/t13-/m1/s1. The molecule has 1 aliphatic rings. The van der Waals surface area contributed by atoms with Crippen molar-refractivity contribution >= 4 is 17.5 Å². The van der Waals surface area contributed by atoms with E-state index in [0.717, 1.165) is 33.6 Å². The van der Waals surface area contributed by atoms with Crippen molar-refractivity contribution in [2.45, 2.75) is 24.3 Å². The summed E-state index contributed by atoms with van der Waals surface area (Å²) in [4.78, 5) is 0. The van der Waals surface area contributed by atoms with E-state index in [9.17, 15) is 0 Å². The third-order valence-electron chi connectivity index (χ3n) is 4.15. The van der Waals surface area contributed by atoms with Gasteiger partial charge in [0.1, 0.15) is 5.75 Å². The minimum atomic E-state index is 0.204. The summed E-state index contributed by atoms with van der Waals surface area (Å²) >= 11 is 1.67. The number of hydrogen-bond donors (Lipinski definition) is 0. The second-order valence-electron chi connectivity index (χ2n) is 5.96. The minimum absolute atomic E-state index is 0.204. The lowest BCUT2D eigenvalue weighted by atomic mass is 10.1. The van der Waals surface area contributed by atoms with E-state index in [1.54, 1.807) is 18.9 Å². The number of fused-ring (bicyclic) bond motifs is 1. The Labute approximate surface area is 150 Å². The summed E-state index contributed by atoms with van der Waals surface area (Å²) < 4.78 is 7.09. The van der Waals surface area contributed by atoms with Crippen molar-refractivity contribution in [1.29, 1.82) is 0 Å². The molecule has 4 rings (SSSR count). The van der Waals surface area contributed by atoms with Crippen molar-refractivity contribution in [3.8, 4) is 17.1 Å². The Hall–Kier alpha value is -2.60. The molecule has 0 saturated carbocycles. The van der Waals surface area contributed by atoms with Gasteiger partial charge in [-0.2, -0.15) is 9.78 Å². The Balaban J connectivity index is 1.79. The molecule has 6 heteroatoms. The molecular formula is C19H18N4OS. The van der Waals surface area contributed by atoms with Crippen molar-refractivity contribution in [3.63, 3.8) is 0 Å². The van der Waals surface area contributed by atoms with Crippen molar-refractivity contribution < 1.29 is 4.74 Å². The van der Waals surface area contributed by atoms with E-state index in [2.05, 4.69) is 36.2 Å². The molecule has 3 aromatic rings. The van der Waals surface area contributed by atoms with Gasteiger partial charge in [0.05, 0.1) is 18.1 Å². The van der Waals surface area contributed by atoms with Gasteiger partial charge in [0.25, 0.3) is 0 Å². The summed E-state index contributed by atoms with van der Waals surface area (Å²) in [6.45, 7) is 4.21. The normalized spacial score (nSPS) is 16.3. The molecule has 0 amide bonds. The molecule has 0 radical (unpaired) electrons. The third kappa shape index (κ3) is 2.93. The number of aromatic nitrogens is 3. The molecular weight excluding hydrogens is 332 g/mol. The molecule has 1 aliphatic heterocycles. The van der Waals surface area contributed by atoms with Crippen LogP contribution in [0.5, 0.6) is 5.75 Å². The molecule has 0 bridgehead atoms. The topological polar surface area (TPSA) is 52.3 Å². The number of benzene rings is 2. The number of rotatable bonds is 3. The summed E-state index contributed by atoms with van der Waals surface area (Å²) in [6, 6.07) is 16.2. The summed E-state index contributed by atoms with van der Waals surface area (Å²) in [5.41, 5.74) is 4.29. The van der Waals surface area contributed by atoms with E-state index in [1.807, 2.05) is 41.1 Å². The fraction of sp³-hybridized carbons (Fsp3) is 0.211. The highest BCUT2D eigenvalue weighted by molar-refractivity contribution is 8.00. The molecule has 25 heavy (non-hydrogen) atoms. The van der Waals surface area contributed by atoms with Gasteiger partial charge in [0, 0.05) is 5.56 Å². The van der Waals surface area contributed by atoms with Gasteiger partial charge in [0.2, 0.25) is 5.16 Å². The van der Waals surface area contributed by atoms with Gasteiger partial charge in [-0.05, 0) is 49.7 Å². The lowest BCUT2D eigenvalue weighted by Crippen LogP contribution is -2.21. The molecule has 0 aliphatic carbocycles. The van der Waals surface area contributed by atoms with Crippen LogP contribution < -0.4 is 4.74 Å². The van der Waals surface area contributed by atoms with Crippen molar-refractivity contribution in [2.24, 2.45) is 5.10 Å². The molecule has 0 fully saturated rings. The predicted octanol–water partition coefficient (Wildman–Crippen LogP) is 4.01. The van der Waals surface area contributed by atoms with E-state index < -0.39 is 0 Å². The fourth-order valence-electron chi connectivity index (χ4n) is 2.85. The zero-order valence-corrected chi connectivity index (χ0v) is 15.1. The maximum absolute atomic E-state index is 5.25. The van der Waals surface area contributed by atoms with Crippen LogP contribution in [0, 0.1) is 6.92 Å². The van der Waals surface area contributed by atoms with Gasteiger partial charge in [-0.15, -0.1) is 10.2 Å². The van der Waals surface area contributed by atoms with Gasteiger partial charge in [0.15, 0.2) is 5.82 Å². The highest BCUT2D eigenvalue weighted by Crippen LogP contribution is 2.33. The van der Waals surface area contributed by atoms with Crippen molar-refractivity contribution in [3.05, 3.63) is 59.7 Å². The number of ether oxygens (including phenoxy) is 1. The summed E-state index contributed by atoms with van der Waals surface area (Å²) in [5, 5.41) is 14.6. The average Bonchev–Trinajstić information content (AvgIpc) is 3.04. The lowest BCUT2D eigenvalue weighted by Gasteiger charge is -2.20. The second-order valence-corrected chi connectivity index (χ2v) is 7.27. The molecule has 0 N–H and O–H groups in total. The Bertz CT molecular complexity index is 946. The maximum atomic E-state index is 5.25. The monoisotopic (exact) mass is 350 g/mol. The van der Waals surface area contributed by atoms with Gasteiger partial charge in [-0.1, -0.05) is 35.5 Å². The van der Waals surface area contributed by atoms with E-state index in [0.29, 0.717) is 0 Å². The van der Waals surface area contributed by atoms with E-state index in [1.165, 1.54) is 5.56 Å². The summed E-state index contributed by atoms with van der Waals surface area (Å²) in [6.07, 6.45) is 0. The first-order valence-electron chi connectivity index (χ1n) is 8.08. The Morgan fingerprint density at radius 3 is 2.56 bits per heavy atom. The van der Waals surface area contributed by atoms with Crippen LogP contribution in [0.1, 0.15) is 18.1 Å². The van der Waals surface area contributed by atoms with Crippen LogP contribution in [0.15, 0.2) is 58.8 Å². The quantitative estimate of drug-likeness (QED) is 0.716. The van der Waals surface area contributed by atoms with E-state index >= 15 is 0 Å². The predicted molar refractivity (Wildman–Crippen MR) is 100 cm³/mol. The third-order valence-corrected chi connectivity index (χ3v) is 5.19. The first-order chi connectivity index (χ1) is 12.2. The number of nitrogens with zero attached hydrogens (tertiary/aromatic N) is 4. The number of hydrogen-bond acceptors (Lipinski definition) is 5. The molecule has 0 unspecified atom stereocenters. The SMILES string of the molecule is COc1ccc(C2=Nn3c(nnc3-c3cccc(C)c3)S[C@@H]2C)cc1. The molecule has 2 heterocycles. The zero-order valence-electron chi connectivity index (χ0n) is 14.3. The van der Waals surface area contributed by atoms with Gasteiger partial charge >= 0.3 is 0 Å². The van der Waals surface area contributed by atoms with E-state index in [4.69, 9.17) is 9.84 Å². The van der Waals surface area contributed by atoms with E-state index in [-0.39, 0.29) is 5.25 Å². The van der Waals surface area contributed by atoms with Crippen LogP contribution >= 0.6 is 11.8 Å². The molecule has 0 spiro atoms. The Morgan fingerprint density at radius 1 is 1.04 bits per heavy atom. The molecule has 1 atom stereocenters. The van der Waals surface area contributed by atoms with Crippen LogP contribution in [0.2, 0.25) is 0 Å². The van der Waals surface area contributed by atoms with Crippen molar-refractivity contribution in [2.75, 3.05) is 7.11 Å². The summed E-state index contributed by atoms with van der Waals surface area (Å²) in [5.74, 6) is 1.61. The van der Waals surface area contributed by atoms with Crippen molar-refractivity contribution in [1.82, 2.24) is 14.9 Å². The highest BCUT2D eigenvalue weighted by Gasteiger charge is 2.26. The molecule has 5 nitrogen and oxygen atoms in total. The maximum Gasteiger partial charge on any atom is 0.213 e. The Morgan fingerprint density at radius 2 is 1.84 bits per heavy atom. The smallest absolute Gasteiger partial charge is 0.213 e. The van der Waals surface area contributed by atoms with Crippen LogP contribution in [0.25, 0.3) is 11.4 Å². The zero-order chi connectivity index (χ0) is 17.4. The lowest BCUT2D eigenvalue weighted by molar-refractivity contribution is 0.415.